The maximum atomic E-state index is 5.70. The molecule has 0 N–H and O–H groups in total. The van der Waals surface area contributed by atoms with Crippen LogP contribution in [0.4, 0.5) is 5.69 Å². The molecule has 2 heterocycles. The minimum absolute atomic E-state index is 0.319. The van der Waals surface area contributed by atoms with Gasteiger partial charge in [0.25, 0.3) is 11.8 Å². The van der Waals surface area contributed by atoms with Gasteiger partial charge in [-0.05, 0) is 18.2 Å². The van der Waals surface area contributed by atoms with Crippen molar-refractivity contribution in [1.29, 1.82) is 0 Å². The van der Waals surface area contributed by atoms with Gasteiger partial charge in [-0.1, -0.05) is 15.9 Å². The van der Waals surface area contributed by atoms with Gasteiger partial charge in [-0.3, -0.25) is 0 Å². The minimum atomic E-state index is 0.319. The first kappa shape index (κ1) is 13.8. The van der Waals surface area contributed by atoms with Gasteiger partial charge in [0, 0.05) is 4.47 Å². The predicted molar refractivity (Wildman–Crippen MR) is 81.0 cm³/mol. The molecule has 3 rings (SSSR count). The lowest BCUT2D eigenvalue weighted by Gasteiger charge is -2.17. The summed E-state index contributed by atoms with van der Waals surface area (Å²) in [4.78, 5) is 13.1. The highest BCUT2D eigenvalue weighted by molar-refractivity contribution is 9.10. The third-order valence-corrected chi connectivity index (χ3v) is 3.43. The molecule has 0 spiro atoms. The van der Waals surface area contributed by atoms with Crippen LogP contribution >= 0.6 is 15.9 Å². The maximum Gasteiger partial charge on any atom is 0.278 e. The van der Waals surface area contributed by atoms with Gasteiger partial charge in [-0.2, -0.15) is 0 Å². The first-order valence-corrected chi connectivity index (χ1v) is 6.96. The Balaban J connectivity index is 2.00. The van der Waals surface area contributed by atoms with Crippen molar-refractivity contribution in [1.82, 2.24) is 9.97 Å². The molecular weight excluding hydrogens is 338 g/mol. The molecule has 1 aliphatic rings. The molecule has 108 valence electrons. The lowest BCUT2D eigenvalue weighted by molar-refractivity contribution is 0.330. The fourth-order valence-electron chi connectivity index (χ4n) is 1.92. The van der Waals surface area contributed by atoms with E-state index in [1.807, 2.05) is 18.2 Å². The van der Waals surface area contributed by atoms with Crippen molar-refractivity contribution >= 4 is 27.3 Å². The van der Waals surface area contributed by atoms with Gasteiger partial charge in [0.1, 0.15) is 29.4 Å². The van der Waals surface area contributed by atoms with E-state index < -0.39 is 0 Å². The van der Waals surface area contributed by atoms with Gasteiger partial charge in [0.15, 0.2) is 0 Å². The number of aromatic nitrogens is 2. The van der Waals surface area contributed by atoms with E-state index in [1.165, 1.54) is 14.2 Å². The second-order valence-electron chi connectivity index (χ2n) is 4.23. The van der Waals surface area contributed by atoms with Crippen LogP contribution in [0.3, 0.4) is 0 Å². The highest BCUT2D eigenvalue weighted by Gasteiger charge is 2.18. The highest BCUT2D eigenvalue weighted by atomic mass is 79.9. The molecule has 1 aromatic carbocycles. The van der Waals surface area contributed by atoms with E-state index in [1.54, 1.807) is 6.20 Å². The van der Waals surface area contributed by atoms with E-state index in [2.05, 4.69) is 30.9 Å². The molecule has 6 nitrogen and oxygen atoms in total. The largest absolute Gasteiger partial charge is 0.485 e. The average molecular weight is 350 g/mol. The van der Waals surface area contributed by atoms with Crippen LogP contribution in [0.1, 0.15) is 5.69 Å². The zero-order valence-corrected chi connectivity index (χ0v) is 13.0. The molecule has 1 aliphatic heterocycles. The normalized spacial score (nSPS) is 13.0. The number of methoxy groups -OCH3 is 2. The van der Waals surface area contributed by atoms with Gasteiger partial charge in [-0.15, -0.1) is 0 Å². The van der Waals surface area contributed by atoms with Gasteiger partial charge in [-0.25, -0.2) is 15.0 Å². The standard InChI is InChI=1S/C14H12BrN3O3/c1-19-13-14(20-2)18-10(6-16-13)11-7-21-12-5-8(15)3-4-9(12)17-11/h3-6H,7H2,1-2H3. The number of ether oxygens (including phenoxy) is 3. The average Bonchev–Trinajstić information content (AvgIpc) is 2.53. The van der Waals surface area contributed by atoms with Crippen LogP contribution < -0.4 is 14.2 Å². The number of nitrogens with zero attached hydrogens (tertiary/aromatic N) is 3. The summed E-state index contributed by atoms with van der Waals surface area (Å²) in [7, 11) is 3.03. The summed E-state index contributed by atoms with van der Waals surface area (Å²) in [5.41, 5.74) is 2.05. The molecule has 7 heteroatoms. The predicted octanol–water partition coefficient (Wildman–Crippen LogP) is 2.77. The molecule has 0 saturated carbocycles. The topological polar surface area (TPSA) is 65.8 Å². The second kappa shape index (κ2) is 5.69. The Morgan fingerprint density at radius 3 is 2.76 bits per heavy atom. The monoisotopic (exact) mass is 349 g/mol. The molecule has 0 unspecified atom stereocenters. The Morgan fingerprint density at radius 2 is 2.00 bits per heavy atom. The first-order valence-electron chi connectivity index (χ1n) is 6.16. The van der Waals surface area contributed by atoms with Gasteiger partial charge >= 0.3 is 0 Å². The molecule has 2 aromatic rings. The number of hydrogen-bond acceptors (Lipinski definition) is 6. The molecule has 0 fully saturated rings. The molecule has 0 amide bonds. The molecule has 0 aliphatic carbocycles. The van der Waals surface area contributed by atoms with E-state index in [-0.39, 0.29) is 0 Å². The Morgan fingerprint density at radius 1 is 1.19 bits per heavy atom. The summed E-state index contributed by atoms with van der Waals surface area (Å²) < 4.78 is 16.9. The number of aliphatic imine (C=N–C) groups is 1. The number of rotatable bonds is 3. The Labute approximate surface area is 129 Å². The van der Waals surface area contributed by atoms with Crippen molar-refractivity contribution in [2.24, 2.45) is 4.99 Å². The number of halogens is 1. The Bertz CT molecular complexity index is 719. The lowest BCUT2D eigenvalue weighted by atomic mass is 10.2. The van der Waals surface area contributed by atoms with Crippen LogP contribution in [0.25, 0.3) is 0 Å². The number of benzene rings is 1. The molecule has 0 atom stereocenters. The van der Waals surface area contributed by atoms with E-state index >= 15 is 0 Å². The van der Waals surface area contributed by atoms with Crippen molar-refractivity contribution < 1.29 is 14.2 Å². The van der Waals surface area contributed by atoms with Crippen molar-refractivity contribution in [3.8, 4) is 17.5 Å². The zero-order chi connectivity index (χ0) is 14.8. The van der Waals surface area contributed by atoms with Gasteiger partial charge < -0.3 is 14.2 Å². The van der Waals surface area contributed by atoms with E-state index in [9.17, 15) is 0 Å². The molecule has 0 bridgehead atoms. The summed E-state index contributed by atoms with van der Waals surface area (Å²) in [5.74, 6) is 1.39. The SMILES string of the molecule is COc1ncc(C2=Nc3ccc(Br)cc3OC2)nc1OC. The first-order chi connectivity index (χ1) is 10.2. The fourth-order valence-corrected chi connectivity index (χ4v) is 2.26. The van der Waals surface area contributed by atoms with E-state index in [0.717, 1.165) is 15.9 Å². The fraction of sp³-hybridized carbons (Fsp3) is 0.214. The molecule has 0 saturated heterocycles. The smallest absolute Gasteiger partial charge is 0.278 e. The van der Waals surface area contributed by atoms with Crippen molar-refractivity contribution in [3.05, 3.63) is 34.6 Å². The highest BCUT2D eigenvalue weighted by Crippen LogP contribution is 2.34. The van der Waals surface area contributed by atoms with E-state index in [4.69, 9.17) is 14.2 Å². The van der Waals surface area contributed by atoms with Crippen LogP contribution in [0, 0.1) is 0 Å². The minimum Gasteiger partial charge on any atom is -0.485 e. The van der Waals surface area contributed by atoms with Crippen molar-refractivity contribution in [3.63, 3.8) is 0 Å². The van der Waals surface area contributed by atoms with Crippen LogP contribution in [-0.2, 0) is 0 Å². The van der Waals surface area contributed by atoms with Crippen molar-refractivity contribution in [2.45, 2.75) is 0 Å². The van der Waals surface area contributed by atoms with Gasteiger partial charge in [0.05, 0.1) is 20.4 Å². The summed E-state index contributed by atoms with van der Waals surface area (Å²) in [6.45, 7) is 0.327. The molecule has 1 aromatic heterocycles. The van der Waals surface area contributed by atoms with Crippen LogP contribution in [0.2, 0.25) is 0 Å². The molecular formula is C14H12BrN3O3. The third kappa shape index (κ3) is 2.69. The lowest BCUT2D eigenvalue weighted by Crippen LogP contribution is -2.18. The molecule has 21 heavy (non-hydrogen) atoms. The van der Waals surface area contributed by atoms with Gasteiger partial charge in [0.2, 0.25) is 0 Å². The van der Waals surface area contributed by atoms with E-state index in [0.29, 0.717) is 29.8 Å². The summed E-state index contributed by atoms with van der Waals surface area (Å²) >= 11 is 3.40. The maximum absolute atomic E-state index is 5.70. The summed E-state index contributed by atoms with van der Waals surface area (Å²) in [5, 5.41) is 0. The van der Waals surface area contributed by atoms with Crippen LogP contribution in [0.5, 0.6) is 17.5 Å². The van der Waals surface area contributed by atoms with Crippen LogP contribution in [0.15, 0.2) is 33.9 Å². The quantitative estimate of drug-likeness (QED) is 0.852. The summed E-state index contributed by atoms with van der Waals surface area (Å²) in [6.07, 6.45) is 1.59. The third-order valence-electron chi connectivity index (χ3n) is 2.93. The molecule has 0 radical (unpaired) electrons. The second-order valence-corrected chi connectivity index (χ2v) is 5.15. The Hall–Kier alpha value is -2.15. The zero-order valence-electron chi connectivity index (χ0n) is 11.5. The Kier molecular flexibility index (Phi) is 3.74. The number of fused-ring (bicyclic) bond motifs is 1. The van der Waals surface area contributed by atoms with Crippen LogP contribution in [-0.4, -0.2) is 36.5 Å². The number of hydrogen-bond donors (Lipinski definition) is 0. The summed E-state index contributed by atoms with van der Waals surface area (Å²) in [6, 6.07) is 5.68. The van der Waals surface area contributed by atoms with Crippen molar-refractivity contribution in [2.75, 3.05) is 20.8 Å².